The van der Waals surface area contributed by atoms with Crippen LogP contribution in [-0.2, 0) is 0 Å². The van der Waals surface area contributed by atoms with E-state index in [1.165, 1.54) is 6.07 Å². The van der Waals surface area contributed by atoms with Gasteiger partial charge >= 0.3 is 6.01 Å². The van der Waals surface area contributed by atoms with E-state index < -0.39 is 32.2 Å². The summed E-state index contributed by atoms with van der Waals surface area (Å²) in [6.45, 7) is 14.6. The lowest BCUT2D eigenvalue weighted by atomic mass is 9.94. The van der Waals surface area contributed by atoms with Crippen LogP contribution in [0.1, 0.15) is 93.9 Å². The normalized spacial score (nSPS) is 26.2. The summed E-state index contributed by atoms with van der Waals surface area (Å²) in [5.41, 5.74) is 13.5. The molecule has 5 heterocycles. The Bertz CT molecular complexity index is 2280. The Morgan fingerprint density at radius 1 is 1.09 bits per heavy atom. The van der Waals surface area contributed by atoms with Gasteiger partial charge in [0.15, 0.2) is 0 Å². The van der Waals surface area contributed by atoms with Crippen molar-refractivity contribution < 1.29 is 16.3 Å². The van der Waals surface area contributed by atoms with Crippen molar-refractivity contribution in [3.63, 3.8) is 0 Å². The van der Waals surface area contributed by atoms with Gasteiger partial charge in [-0.2, -0.15) is 9.97 Å². The number of nitrogens with two attached hydrogens (primary N) is 1. The molecule has 0 radical (unpaired) electrons. The highest BCUT2D eigenvalue weighted by molar-refractivity contribution is 6.90. The van der Waals surface area contributed by atoms with Crippen LogP contribution in [0.5, 0.6) is 6.01 Å². The highest BCUT2D eigenvalue weighted by atomic mass is 35.5. The predicted molar refractivity (Wildman–Crippen MR) is 224 cm³/mol. The van der Waals surface area contributed by atoms with Gasteiger partial charge in [-0.1, -0.05) is 60.0 Å². The lowest BCUT2D eigenvalue weighted by molar-refractivity contribution is 0.107. The highest BCUT2D eigenvalue weighted by Gasteiger charge is 2.54. The number of pyridine rings is 1. The number of aromatic nitrogens is 3. The molecule has 8 rings (SSSR count). The molecule has 7 nitrogen and oxygen atoms in total. The maximum Gasteiger partial charge on any atom is 0.319 e. The van der Waals surface area contributed by atoms with Crippen LogP contribution in [0.4, 0.5) is 20.3 Å². The van der Waals surface area contributed by atoms with Crippen molar-refractivity contribution >= 4 is 52.9 Å². The SMILES string of the molecule is [2H]C([2H])(Oc1nc(N2CCCC[C@H]3[C@H](Cl)[C@H]32)c2cnc(-c3cc(N)cc4ccc(F)c(C#C[Si](C(C)C)(C(C)C)C(C)C)c34)c(C)c2n1)[C@@]12CCCN1C[C@H](F)C2. The second-order valence-corrected chi connectivity index (χ2v) is 23.5. The molecule has 5 atom stereocenters. The summed E-state index contributed by atoms with van der Waals surface area (Å²) in [7, 11) is -2.23. The number of hydrogen-bond donors (Lipinski definition) is 1. The zero-order valence-electron chi connectivity index (χ0n) is 35.1. The van der Waals surface area contributed by atoms with Gasteiger partial charge in [0.05, 0.1) is 41.9 Å². The molecule has 0 spiro atoms. The van der Waals surface area contributed by atoms with Gasteiger partial charge in [0.1, 0.15) is 32.4 Å². The first kappa shape index (κ1) is 35.9. The third-order valence-electron chi connectivity index (χ3n) is 13.3. The Morgan fingerprint density at radius 3 is 2.60 bits per heavy atom. The van der Waals surface area contributed by atoms with Crippen molar-refractivity contribution in [1.29, 1.82) is 0 Å². The van der Waals surface area contributed by atoms with Gasteiger partial charge in [-0.25, -0.2) is 8.78 Å². The fourth-order valence-electron chi connectivity index (χ4n) is 10.6. The highest BCUT2D eigenvalue weighted by Crippen LogP contribution is 2.50. The molecule has 1 saturated carbocycles. The maximum absolute atomic E-state index is 16.2. The van der Waals surface area contributed by atoms with Crippen LogP contribution in [0.15, 0.2) is 30.5 Å². The van der Waals surface area contributed by atoms with Gasteiger partial charge in [-0.05, 0) is 85.3 Å². The van der Waals surface area contributed by atoms with Gasteiger partial charge in [-0.15, -0.1) is 17.1 Å². The molecule has 55 heavy (non-hydrogen) atoms. The zero-order chi connectivity index (χ0) is 40.8. The largest absolute Gasteiger partial charge is 0.461 e. The standard InChI is InChI=1S/C44H55ClF2N6OSi/c1-25(2)55(26(3)4,27(5)6)18-14-32-36(47)13-12-29-19-31(48)20-34(37(29)32)39-28(7)40-35(22-49-39)42(53-17-9-8-11-33-38(45)41(33)53)51-43(50-40)54-24-44-15-10-16-52(44)23-30(46)21-44/h12-13,19-20,22,25-27,30,33,38,41H,8-11,15-17,21,23-24,48H2,1-7H3/t30-,33+,38+,41+,44+/m1/s1/i24D2. The Balaban J connectivity index is 1.33. The lowest BCUT2D eigenvalue weighted by Crippen LogP contribution is -2.43. The zero-order valence-corrected chi connectivity index (χ0v) is 34.9. The van der Waals surface area contributed by atoms with Crippen LogP contribution in [-0.4, -0.2) is 77.2 Å². The minimum absolute atomic E-state index is 0.0256. The monoisotopic (exact) mass is 786 g/mol. The van der Waals surface area contributed by atoms with E-state index in [4.69, 9.17) is 37.0 Å². The number of aryl methyl sites for hydroxylation is 1. The second kappa shape index (κ2) is 14.4. The summed E-state index contributed by atoms with van der Waals surface area (Å²) in [6.07, 6.45) is 4.97. The van der Waals surface area contributed by atoms with Crippen molar-refractivity contribution in [3.8, 4) is 28.7 Å². The quantitative estimate of drug-likeness (QED) is 0.0825. The Morgan fingerprint density at radius 2 is 1.85 bits per heavy atom. The third-order valence-corrected chi connectivity index (χ3v) is 20.2. The number of ether oxygens (including phenoxy) is 1. The number of alkyl halides is 2. The van der Waals surface area contributed by atoms with Crippen LogP contribution in [0, 0.1) is 30.1 Å². The van der Waals surface area contributed by atoms with E-state index in [1.54, 1.807) is 12.3 Å². The number of hydrogen-bond acceptors (Lipinski definition) is 7. The van der Waals surface area contributed by atoms with E-state index in [2.05, 4.69) is 57.9 Å². The average molecular weight is 788 g/mol. The number of halogens is 3. The number of nitrogen functional groups attached to an aromatic ring is 1. The third kappa shape index (κ3) is 6.46. The average Bonchev–Trinajstić information content (AvgIpc) is 3.50. The molecule has 4 aliphatic rings. The first-order valence-corrected chi connectivity index (χ1v) is 22.9. The lowest BCUT2D eigenvalue weighted by Gasteiger charge is -2.38. The number of fused-ring (bicyclic) bond motifs is 4. The first-order valence-electron chi connectivity index (χ1n) is 21.2. The molecule has 11 heteroatoms. The molecule has 0 unspecified atom stereocenters. The van der Waals surface area contributed by atoms with E-state index in [-0.39, 0.29) is 30.4 Å². The van der Waals surface area contributed by atoms with E-state index >= 15 is 4.39 Å². The molecule has 2 N–H and O–H groups in total. The smallest absolute Gasteiger partial charge is 0.319 e. The molecule has 1 aliphatic carbocycles. The molecule has 2 aromatic heterocycles. The molecule has 3 aliphatic heterocycles. The summed E-state index contributed by atoms with van der Waals surface area (Å²) < 4.78 is 56.0. The molecule has 2 aromatic carbocycles. The van der Waals surface area contributed by atoms with E-state index in [9.17, 15) is 7.13 Å². The molecule has 0 bridgehead atoms. The minimum atomic E-state index is -2.27. The number of rotatable bonds is 8. The molecule has 3 saturated heterocycles. The van der Waals surface area contributed by atoms with Gasteiger partial charge < -0.3 is 15.4 Å². The molecule has 0 amide bonds. The van der Waals surface area contributed by atoms with Gasteiger partial charge in [0.25, 0.3) is 0 Å². The molecular weight excluding hydrogens is 730 g/mol. The topological polar surface area (TPSA) is 80.4 Å². The van der Waals surface area contributed by atoms with Crippen LogP contribution in [0.25, 0.3) is 32.9 Å². The number of benzene rings is 2. The predicted octanol–water partition coefficient (Wildman–Crippen LogP) is 10.00. The van der Waals surface area contributed by atoms with Gasteiger partial charge in [0, 0.05) is 47.9 Å². The number of nitrogens with zero attached hydrogens (tertiary/aromatic N) is 5. The summed E-state index contributed by atoms with van der Waals surface area (Å²) in [6, 6.07) is 6.83. The van der Waals surface area contributed by atoms with Crippen LogP contribution in [0.2, 0.25) is 16.6 Å². The summed E-state index contributed by atoms with van der Waals surface area (Å²) in [5, 5.41) is 2.05. The van der Waals surface area contributed by atoms with Crippen molar-refractivity contribution in [3.05, 3.63) is 47.4 Å². The Hall–Kier alpha value is -3.52. The summed E-state index contributed by atoms with van der Waals surface area (Å²) in [4.78, 5) is 19.1. The van der Waals surface area contributed by atoms with Crippen molar-refractivity contribution in [2.45, 2.75) is 127 Å². The number of anilines is 2. The van der Waals surface area contributed by atoms with Crippen LogP contribution in [0.3, 0.4) is 0 Å². The van der Waals surface area contributed by atoms with Gasteiger partial charge in [-0.3, -0.25) is 9.88 Å². The Kier molecular flexibility index (Phi) is 9.42. The molecular formula is C44H55ClF2N6OSi. The molecule has 4 aromatic rings. The summed E-state index contributed by atoms with van der Waals surface area (Å²) >= 11 is 6.89. The van der Waals surface area contributed by atoms with E-state index in [0.29, 0.717) is 85.7 Å². The van der Waals surface area contributed by atoms with Crippen molar-refractivity contribution in [2.75, 3.05) is 36.8 Å². The fourth-order valence-corrected chi connectivity index (χ4v) is 16.3. The van der Waals surface area contributed by atoms with E-state index in [0.717, 1.165) is 37.6 Å². The van der Waals surface area contributed by atoms with Crippen molar-refractivity contribution in [1.82, 2.24) is 19.9 Å². The first-order chi connectivity index (χ1) is 27.0. The molecule has 292 valence electrons. The molecule has 4 fully saturated rings. The summed E-state index contributed by atoms with van der Waals surface area (Å²) in [5.74, 6) is 3.93. The van der Waals surface area contributed by atoms with Crippen LogP contribution < -0.4 is 15.4 Å². The van der Waals surface area contributed by atoms with Crippen molar-refractivity contribution in [2.24, 2.45) is 5.92 Å². The Labute approximate surface area is 333 Å². The maximum atomic E-state index is 16.2. The van der Waals surface area contributed by atoms with Gasteiger partial charge in [0.2, 0.25) is 0 Å². The second-order valence-electron chi connectivity index (χ2n) is 17.4. The minimum Gasteiger partial charge on any atom is -0.461 e. The fraction of sp³-hybridized carbons (Fsp3) is 0.568. The van der Waals surface area contributed by atoms with Crippen LogP contribution >= 0.6 is 11.6 Å². The van der Waals surface area contributed by atoms with E-state index in [1.807, 2.05) is 24.0 Å².